The molecule has 3 rings (SSSR count). The Kier molecular flexibility index (Phi) is 4.74. The molecule has 0 aliphatic carbocycles. The van der Waals surface area contributed by atoms with Crippen LogP contribution in [0, 0.1) is 12.7 Å². The van der Waals surface area contributed by atoms with Gasteiger partial charge in [0.1, 0.15) is 11.6 Å². The monoisotopic (exact) mass is 354 g/mol. The van der Waals surface area contributed by atoms with Gasteiger partial charge in [-0.3, -0.25) is 4.79 Å². The van der Waals surface area contributed by atoms with Gasteiger partial charge < -0.3 is 10.1 Å². The summed E-state index contributed by atoms with van der Waals surface area (Å²) in [6.45, 7) is 1.69. The molecule has 26 heavy (non-hydrogen) atoms. The minimum absolute atomic E-state index is 0.0460. The lowest BCUT2D eigenvalue weighted by Crippen LogP contribution is -2.15. The molecule has 7 nitrogen and oxygen atoms in total. The number of rotatable bonds is 4. The molecule has 0 spiro atoms. The van der Waals surface area contributed by atoms with E-state index in [4.69, 9.17) is 0 Å². The minimum atomic E-state index is -0.532. The second kappa shape index (κ2) is 7.14. The summed E-state index contributed by atoms with van der Waals surface area (Å²) >= 11 is 0. The Labute approximate surface area is 148 Å². The standard InChI is InChI=1S/C18H15FN4O3/c1-11-20-16(22-23(11)15-8-6-13(19)7-9-15)17(24)21-14-5-3-4-12(10-14)18(25)26-2/h3-10H,1-2H3,(H,21,24). The summed E-state index contributed by atoms with van der Waals surface area (Å²) in [7, 11) is 1.28. The van der Waals surface area contributed by atoms with Crippen molar-refractivity contribution in [3.05, 3.63) is 71.6 Å². The molecule has 0 aliphatic heterocycles. The first kappa shape index (κ1) is 17.3. The number of halogens is 1. The fraction of sp³-hybridized carbons (Fsp3) is 0.111. The number of carbonyl (C=O) groups excluding carboxylic acids is 2. The van der Waals surface area contributed by atoms with Crippen LogP contribution in [0.2, 0.25) is 0 Å². The van der Waals surface area contributed by atoms with Crippen molar-refractivity contribution in [2.24, 2.45) is 0 Å². The van der Waals surface area contributed by atoms with Crippen molar-refractivity contribution in [1.29, 1.82) is 0 Å². The van der Waals surface area contributed by atoms with Gasteiger partial charge in [-0.2, -0.15) is 0 Å². The highest BCUT2D eigenvalue weighted by molar-refractivity contribution is 6.02. The van der Waals surface area contributed by atoms with Crippen LogP contribution in [0.25, 0.3) is 5.69 Å². The van der Waals surface area contributed by atoms with Gasteiger partial charge in [0.2, 0.25) is 5.82 Å². The van der Waals surface area contributed by atoms with Crippen LogP contribution in [0.4, 0.5) is 10.1 Å². The van der Waals surface area contributed by atoms with Crippen molar-refractivity contribution >= 4 is 17.6 Å². The predicted octanol–water partition coefficient (Wildman–Crippen LogP) is 2.75. The van der Waals surface area contributed by atoms with Gasteiger partial charge in [0.15, 0.2) is 0 Å². The molecule has 132 valence electrons. The number of nitrogens with zero attached hydrogens (tertiary/aromatic N) is 3. The number of ether oxygens (including phenoxy) is 1. The molecule has 0 aliphatic rings. The van der Waals surface area contributed by atoms with E-state index in [0.717, 1.165) is 0 Å². The summed E-state index contributed by atoms with van der Waals surface area (Å²) in [5.41, 5.74) is 1.31. The van der Waals surface area contributed by atoms with Gasteiger partial charge in [0.05, 0.1) is 18.4 Å². The minimum Gasteiger partial charge on any atom is -0.465 e. The Morgan fingerprint density at radius 1 is 1.15 bits per heavy atom. The van der Waals surface area contributed by atoms with Gasteiger partial charge in [-0.25, -0.2) is 18.9 Å². The molecule has 1 heterocycles. The van der Waals surface area contributed by atoms with E-state index in [0.29, 0.717) is 22.8 Å². The quantitative estimate of drug-likeness (QED) is 0.728. The van der Waals surface area contributed by atoms with E-state index in [1.165, 1.54) is 30.0 Å². The lowest BCUT2D eigenvalue weighted by molar-refractivity contribution is 0.0600. The van der Waals surface area contributed by atoms with E-state index in [2.05, 4.69) is 20.1 Å². The third kappa shape index (κ3) is 3.59. The van der Waals surface area contributed by atoms with Crippen LogP contribution in [0.5, 0.6) is 0 Å². The lowest BCUT2D eigenvalue weighted by atomic mass is 10.2. The fourth-order valence-corrected chi connectivity index (χ4v) is 2.34. The molecule has 1 amide bonds. The lowest BCUT2D eigenvalue weighted by Gasteiger charge is -2.05. The van der Waals surface area contributed by atoms with Crippen molar-refractivity contribution in [2.45, 2.75) is 6.92 Å². The van der Waals surface area contributed by atoms with E-state index in [1.807, 2.05) is 0 Å². The van der Waals surface area contributed by atoms with Crippen molar-refractivity contribution < 1.29 is 18.7 Å². The largest absolute Gasteiger partial charge is 0.465 e. The molecule has 0 atom stereocenters. The molecule has 0 radical (unpaired) electrons. The molecule has 3 aromatic rings. The maximum Gasteiger partial charge on any atom is 0.337 e. The number of amides is 1. The van der Waals surface area contributed by atoms with Crippen LogP contribution < -0.4 is 5.32 Å². The maximum atomic E-state index is 13.1. The van der Waals surface area contributed by atoms with Gasteiger partial charge in [0.25, 0.3) is 5.91 Å². The summed E-state index contributed by atoms with van der Waals surface area (Å²) < 4.78 is 19.1. The van der Waals surface area contributed by atoms with Gasteiger partial charge >= 0.3 is 5.97 Å². The molecule has 0 saturated carbocycles. The summed E-state index contributed by atoms with van der Waals surface area (Å²) in [5, 5.41) is 6.79. The third-order valence-corrected chi connectivity index (χ3v) is 3.58. The Bertz CT molecular complexity index is 967. The second-order valence-corrected chi connectivity index (χ2v) is 5.40. The van der Waals surface area contributed by atoms with Crippen molar-refractivity contribution in [3.8, 4) is 5.69 Å². The van der Waals surface area contributed by atoms with E-state index in [-0.39, 0.29) is 11.6 Å². The van der Waals surface area contributed by atoms with Crippen molar-refractivity contribution in [1.82, 2.24) is 14.8 Å². The number of nitrogens with one attached hydrogen (secondary N) is 1. The Morgan fingerprint density at radius 2 is 1.88 bits per heavy atom. The average Bonchev–Trinajstić information content (AvgIpc) is 3.04. The SMILES string of the molecule is COC(=O)c1cccc(NC(=O)c2nc(C)n(-c3ccc(F)cc3)n2)c1. The highest BCUT2D eigenvalue weighted by Crippen LogP contribution is 2.14. The molecule has 0 fully saturated rings. The first-order valence-corrected chi connectivity index (χ1v) is 7.67. The zero-order valence-corrected chi connectivity index (χ0v) is 14.1. The summed E-state index contributed by atoms with van der Waals surface area (Å²) in [4.78, 5) is 28.1. The van der Waals surface area contributed by atoms with Crippen LogP contribution in [0.15, 0.2) is 48.5 Å². The first-order chi connectivity index (χ1) is 12.5. The second-order valence-electron chi connectivity index (χ2n) is 5.40. The van der Waals surface area contributed by atoms with E-state index in [1.54, 1.807) is 37.3 Å². The topological polar surface area (TPSA) is 86.1 Å². The Morgan fingerprint density at radius 3 is 2.58 bits per heavy atom. The number of carbonyl (C=O) groups is 2. The highest BCUT2D eigenvalue weighted by atomic mass is 19.1. The van der Waals surface area contributed by atoms with Crippen LogP contribution in [-0.2, 0) is 4.74 Å². The van der Waals surface area contributed by atoms with Gasteiger partial charge in [0, 0.05) is 5.69 Å². The number of anilines is 1. The van der Waals surface area contributed by atoms with Gasteiger partial charge in [-0.15, -0.1) is 5.10 Å². The highest BCUT2D eigenvalue weighted by Gasteiger charge is 2.16. The summed E-state index contributed by atoms with van der Waals surface area (Å²) in [6, 6.07) is 12.0. The Hall–Kier alpha value is -3.55. The first-order valence-electron chi connectivity index (χ1n) is 7.67. The molecule has 8 heteroatoms. The number of methoxy groups -OCH3 is 1. The smallest absolute Gasteiger partial charge is 0.337 e. The van der Waals surface area contributed by atoms with E-state index in [9.17, 15) is 14.0 Å². The third-order valence-electron chi connectivity index (χ3n) is 3.58. The zero-order valence-electron chi connectivity index (χ0n) is 14.1. The molecule has 2 aromatic carbocycles. The number of hydrogen-bond acceptors (Lipinski definition) is 5. The van der Waals surface area contributed by atoms with E-state index < -0.39 is 11.9 Å². The Balaban J connectivity index is 1.82. The van der Waals surface area contributed by atoms with Crippen LogP contribution in [-0.4, -0.2) is 33.8 Å². The van der Waals surface area contributed by atoms with Crippen LogP contribution in [0.1, 0.15) is 26.8 Å². The van der Waals surface area contributed by atoms with Crippen molar-refractivity contribution in [3.63, 3.8) is 0 Å². The molecular formula is C18H15FN4O3. The molecule has 1 N–H and O–H groups in total. The number of aromatic nitrogens is 3. The summed E-state index contributed by atoms with van der Waals surface area (Å²) in [5.74, 6) is -0.970. The van der Waals surface area contributed by atoms with Gasteiger partial charge in [-0.05, 0) is 49.4 Å². The zero-order chi connectivity index (χ0) is 18.7. The maximum absolute atomic E-state index is 13.1. The number of esters is 1. The fourth-order valence-electron chi connectivity index (χ4n) is 2.34. The number of benzene rings is 2. The molecule has 0 saturated heterocycles. The normalized spacial score (nSPS) is 10.4. The van der Waals surface area contributed by atoms with Gasteiger partial charge in [-0.1, -0.05) is 6.07 Å². The van der Waals surface area contributed by atoms with E-state index >= 15 is 0 Å². The average molecular weight is 354 g/mol. The molecule has 0 unspecified atom stereocenters. The summed E-state index contributed by atoms with van der Waals surface area (Å²) in [6.07, 6.45) is 0. The van der Waals surface area contributed by atoms with Crippen LogP contribution >= 0.6 is 0 Å². The molecule has 1 aromatic heterocycles. The molecule has 0 bridgehead atoms. The number of aryl methyl sites for hydroxylation is 1. The molecular weight excluding hydrogens is 339 g/mol. The predicted molar refractivity (Wildman–Crippen MR) is 91.8 cm³/mol. The number of hydrogen-bond donors (Lipinski definition) is 1. The van der Waals surface area contributed by atoms with Crippen molar-refractivity contribution in [2.75, 3.05) is 12.4 Å². The van der Waals surface area contributed by atoms with Crippen LogP contribution in [0.3, 0.4) is 0 Å².